The summed E-state index contributed by atoms with van der Waals surface area (Å²) in [6, 6.07) is 16.9. The second-order valence-corrected chi connectivity index (χ2v) is 7.51. The van der Waals surface area contributed by atoms with Crippen LogP contribution >= 0.6 is 0 Å². The lowest BCUT2D eigenvalue weighted by Gasteiger charge is -2.30. The van der Waals surface area contributed by atoms with E-state index in [0.29, 0.717) is 30.1 Å². The van der Waals surface area contributed by atoms with Gasteiger partial charge in [0.1, 0.15) is 11.8 Å². The van der Waals surface area contributed by atoms with Crippen LogP contribution < -0.4 is 10.6 Å². The molecule has 2 amide bonds. The molecule has 2 N–H and O–H groups in total. The predicted molar refractivity (Wildman–Crippen MR) is 117 cm³/mol. The molecule has 0 bridgehead atoms. The van der Waals surface area contributed by atoms with E-state index in [0.717, 1.165) is 5.56 Å². The molecular weight excluding hydrogens is 394 g/mol. The molecule has 7 nitrogen and oxygen atoms in total. The third kappa shape index (κ3) is 4.62. The fourth-order valence-electron chi connectivity index (χ4n) is 3.84. The van der Waals surface area contributed by atoms with Crippen LogP contribution in [0, 0.1) is 0 Å². The topological polar surface area (TPSA) is 83.8 Å². The van der Waals surface area contributed by atoms with Crippen LogP contribution in [0.3, 0.4) is 0 Å². The molecule has 2 aromatic carbocycles. The lowest BCUT2D eigenvalue weighted by atomic mass is 9.99. The molecule has 3 aromatic rings. The molecule has 1 aliphatic heterocycles. The Bertz CT molecular complexity index is 1120. The summed E-state index contributed by atoms with van der Waals surface area (Å²) in [6.45, 7) is 3.01. The molecule has 0 radical (unpaired) electrons. The van der Waals surface area contributed by atoms with Crippen molar-refractivity contribution in [2.24, 2.45) is 0 Å². The summed E-state index contributed by atoms with van der Waals surface area (Å²) in [6.07, 6.45) is 1.51. The van der Waals surface area contributed by atoms with Gasteiger partial charge in [-0.25, -0.2) is 9.59 Å². The minimum absolute atomic E-state index is 0.237. The third-order valence-electron chi connectivity index (χ3n) is 5.17. The van der Waals surface area contributed by atoms with E-state index in [1.807, 2.05) is 24.1 Å². The fraction of sp³-hybridized carbons (Fsp3) is 0.250. The first-order chi connectivity index (χ1) is 15.0. The van der Waals surface area contributed by atoms with Crippen LogP contribution in [-0.4, -0.2) is 37.1 Å². The second kappa shape index (κ2) is 9.06. The number of ether oxygens (including phenoxy) is 1. The highest BCUT2D eigenvalue weighted by molar-refractivity contribution is 5.95. The standard InChI is InChI=1S/C24H25N3O4/c1-3-30-23(28)21-19(25-24(29)26-22(21)20-9-6-12-31-20)15-27(2)14-16-10-11-17-7-4-5-8-18(17)13-16/h4-13,22H,3,14-15H2,1-2H3,(H2,25,26,29)/t22-/m0/s1. The van der Waals surface area contributed by atoms with E-state index in [4.69, 9.17) is 9.15 Å². The van der Waals surface area contributed by atoms with Crippen LogP contribution in [0.1, 0.15) is 24.3 Å². The molecule has 0 saturated heterocycles. The number of fused-ring (bicyclic) bond motifs is 1. The minimum Gasteiger partial charge on any atom is -0.467 e. The Hall–Kier alpha value is -3.58. The molecular formula is C24H25N3O4. The van der Waals surface area contributed by atoms with Crippen molar-refractivity contribution < 1.29 is 18.7 Å². The minimum atomic E-state index is -0.702. The van der Waals surface area contributed by atoms with Crippen LogP contribution in [-0.2, 0) is 16.1 Å². The predicted octanol–water partition coefficient (Wildman–Crippen LogP) is 3.74. The maximum absolute atomic E-state index is 12.8. The molecule has 0 spiro atoms. The second-order valence-electron chi connectivity index (χ2n) is 7.51. The average Bonchev–Trinajstić information content (AvgIpc) is 3.28. The number of carbonyl (C=O) groups is 2. The Morgan fingerprint density at radius 2 is 1.90 bits per heavy atom. The van der Waals surface area contributed by atoms with E-state index in [1.165, 1.54) is 17.0 Å². The van der Waals surface area contributed by atoms with Gasteiger partial charge >= 0.3 is 12.0 Å². The zero-order valence-electron chi connectivity index (χ0n) is 17.6. The first-order valence-corrected chi connectivity index (χ1v) is 10.2. The quantitative estimate of drug-likeness (QED) is 0.570. The van der Waals surface area contributed by atoms with Crippen LogP contribution in [0.4, 0.5) is 4.79 Å². The van der Waals surface area contributed by atoms with Gasteiger partial charge in [-0.1, -0.05) is 36.4 Å². The molecule has 0 aliphatic carbocycles. The average molecular weight is 419 g/mol. The van der Waals surface area contributed by atoms with E-state index in [1.54, 1.807) is 19.1 Å². The normalized spacial score (nSPS) is 16.4. The summed E-state index contributed by atoms with van der Waals surface area (Å²) in [5.41, 5.74) is 2.00. The van der Waals surface area contributed by atoms with Crippen LogP contribution in [0.25, 0.3) is 10.8 Å². The molecule has 2 heterocycles. The Balaban J connectivity index is 1.60. The number of benzene rings is 2. The highest BCUT2D eigenvalue weighted by Gasteiger charge is 2.35. The molecule has 0 unspecified atom stereocenters. The van der Waals surface area contributed by atoms with E-state index in [-0.39, 0.29) is 12.6 Å². The largest absolute Gasteiger partial charge is 0.467 e. The van der Waals surface area contributed by atoms with Gasteiger partial charge in [0, 0.05) is 18.8 Å². The number of rotatable bonds is 7. The summed E-state index contributed by atoms with van der Waals surface area (Å²) >= 11 is 0. The third-order valence-corrected chi connectivity index (χ3v) is 5.17. The Kier molecular flexibility index (Phi) is 6.04. The molecule has 7 heteroatoms. The van der Waals surface area contributed by atoms with Gasteiger partial charge in [-0.05, 0) is 48.5 Å². The van der Waals surface area contributed by atoms with Gasteiger partial charge < -0.3 is 19.8 Å². The van der Waals surface area contributed by atoms with Gasteiger partial charge in [-0.15, -0.1) is 0 Å². The van der Waals surface area contributed by atoms with Crippen LogP contribution in [0.2, 0.25) is 0 Å². The van der Waals surface area contributed by atoms with Crippen molar-refractivity contribution in [2.45, 2.75) is 19.5 Å². The van der Waals surface area contributed by atoms with Crippen LogP contribution in [0.15, 0.2) is 76.5 Å². The van der Waals surface area contributed by atoms with Crippen molar-refractivity contribution in [3.05, 3.63) is 83.5 Å². The van der Waals surface area contributed by atoms with Crippen molar-refractivity contribution in [3.63, 3.8) is 0 Å². The smallest absolute Gasteiger partial charge is 0.338 e. The Morgan fingerprint density at radius 3 is 2.65 bits per heavy atom. The molecule has 1 aromatic heterocycles. The number of amides is 2. The molecule has 31 heavy (non-hydrogen) atoms. The number of furan rings is 1. The van der Waals surface area contributed by atoms with E-state index < -0.39 is 12.0 Å². The molecule has 0 fully saturated rings. The zero-order chi connectivity index (χ0) is 21.8. The number of carbonyl (C=O) groups excluding carboxylic acids is 2. The van der Waals surface area contributed by atoms with Crippen molar-refractivity contribution in [2.75, 3.05) is 20.2 Å². The molecule has 4 rings (SSSR count). The fourth-order valence-corrected chi connectivity index (χ4v) is 3.84. The molecule has 1 aliphatic rings. The van der Waals surface area contributed by atoms with Crippen molar-refractivity contribution >= 4 is 22.8 Å². The highest BCUT2D eigenvalue weighted by Crippen LogP contribution is 2.28. The summed E-state index contributed by atoms with van der Waals surface area (Å²) < 4.78 is 10.7. The number of nitrogens with one attached hydrogen (secondary N) is 2. The van der Waals surface area contributed by atoms with Gasteiger partial charge in [-0.2, -0.15) is 0 Å². The lowest BCUT2D eigenvalue weighted by Crippen LogP contribution is -2.48. The van der Waals surface area contributed by atoms with Crippen molar-refractivity contribution in [1.29, 1.82) is 0 Å². The summed E-state index contributed by atoms with van der Waals surface area (Å²) in [5.74, 6) is -0.00177. The number of hydrogen-bond acceptors (Lipinski definition) is 5. The van der Waals surface area contributed by atoms with E-state index >= 15 is 0 Å². The maximum atomic E-state index is 12.8. The molecule has 0 saturated carbocycles. The Labute approximate surface area is 180 Å². The van der Waals surface area contributed by atoms with Crippen molar-refractivity contribution in [1.82, 2.24) is 15.5 Å². The van der Waals surface area contributed by atoms with Gasteiger partial charge in [0.25, 0.3) is 0 Å². The number of esters is 1. The van der Waals surface area contributed by atoms with Crippen molar-refractivity contribution in [3.8, 4) is 0 Å². The zero-order valence-corrected chi connectivity index (χ0v) is 17.6. The van der Waals surface area contributed by atoms with Gasteiger partial charge in [0.05, 0.1) is 18.4 Å². The highest BCUT2D eigenvalue weighted by atomic mass is 16.5. The SMILES string of the molecule is CCOC(=O)C1=C(CN(C)Cc2ccc3ccccc3c2)NC(=O)N[C@H]1c1ccco1. The van der Waals surface area contributed by atoms with Gasteiger partial charge in [0.15, 0.2) is 0 Å². The first-order valence-electron chi connectivity index (χ1n) is 10.2. The number of urea groups is 1. The first kappa shape index (κ1) is 20.7. The summed E-state index contributed by atoms with van der Waals surface area (Å²) in [7, 11) is 1.95. The number of nitrogens with zero attached hydrogens (tertiary/aromatic N) is 1. The van der Waals surface area contributed by atoms with E-state index in [9.17, 15) is 9.59 Å². The molecule has 1 atom stereocenters. The summed E-state index contributed by atoms with van der Waals surface area (Å²) in [4.78, 5) is 27.1. The molecule has 160 valence electrons. The monoisotopic (exact) mass is 419 g/mol. The number of hydrogen-bond donors (Lipinski definition) is 2. The van der Waals surface area contributed by atoms with Gasteiger partial charge in [0.2, 0.25) is 0 Å². The lowest BCUT2D eigenvalue weighted by molar-refractivity contribution is -0.139. The summed E-state index contributed by atoms with van der Waals surface area (Å²) in [5, 5.41) is 7.91. The van der Waals surface area contributed by atoms with Gasteiger partial charge in [-0.3, -0.25) is 4.90 Å². The van der Waals surface area contributed by atoms with E-state index in [2.05, 4.69) is 41.0 Å². The van der Waals surface area contributed by atoms with Crippen LogP contribution in [0.5, 0.6) is 0 Å². The number of likely N-dealkylation sites (N-methyl/N-ethyl adjacent to an activating group) is 1. The maximum Gasteiger partial charge on any atom is 0.338 e. The Morgan fingerprint density at radius 1 is 1.10 bits per heavy atom.